The number of amides is 1. The lowest BCUT2D eigenvalue weighted by Crippen LogP contribution is -2.37. The van der Waals surface area contributed by atoms with Crippen LogP contribution in [0, 0.1) is 6.92 Å². The molecule has 1 aliphatic heterocycles. The number of benzene rings is 1. The first-order chi connectivity index (χ1) is 11.9. The summed E-state index contributed by atoms with van der Waals surface area (Å²) in [7, 11) is 0. The molecule has 26 heavy (non-hydrogen) atoms. The molecule has 0 bridgehead atoms. The van der Waals surface area contributed by atoms with Crippen molar-refractivity contribution in [1.29, 1.82) is 0 Å². The summed E-state index contributed by atoms with van der Waals surface area (Å²) in [6, 6.07) is 7.39. The Hall–Kier alpha value is -2.50. The molecule has 1 aromatic carbocycles. The molecule has 0 spiro atoms. The fraction of sp³-hybridized carbons (Fsp3) is 0.500. The fourth-order valence-electron chi connectivity index (χ4n) is 2.66. The number of cyclic esters (lactones) is 1. The molecule has 0 aromatic heterocycles. The van der Waals surface area contributed by atoms with Gasteiger partial charge in [0.15, 0.2) is 0 Å². The van der Waals surface area contributed by atoms with Crippen LogP contribution >= 0.6 is 0 Å². The van der Waals surface area contributed by atoms with Gasteiger partial charge in [-0.2, -0.15) is 0 Å². The molecular formula is C20H27NO5. The third kappa shape index (κ3) is 6.10. The van der Waals surface area contributed by atoms with E-state index in [0.717, 1.165) is 11.1 Å². The minimum atomic E-state index is -1.04. The number of hydrogen-bond donors (Lipinski definition) is 1. The second-order valence-corrected chi connectivity index (χ2v) is 7.85. The van der Waals surface area contributed by atoms with E-state index in [1.165, 1.54) is 6.08 Å². The quantitative estimate of drug-likeness (QED) is 0.816. The lowest BCUT2D eigenvalue weighted by Gasteiger charge is -2.32. The SMILES string of the molecule is Cc1cccc([C@@H](CC2=CC(=O)OC(C)(C)O2)NC(=O)OC(C)(C)C)c1. The van der Waals surface area contributed by atoms with Gasteiger partial charge in [0.2, 0.25) is 5.79 Å². The van der Waals surface area contributed by atoms with Crippen molar-refractivity contribution in [3.63, 3.8) is 0 Å². The molecule has 1 amide bonds. The molecule has 142 valence electrons. The summed E-state index contributed by atoms with van der Waals surface area (Å²) in [5, 5.41) is 2.87. The Morgan fingerprint density at radius 3 is 2.54 bits per heavy atom. The summed E-state index contributed by atoms with van der Waals surface area (Å²) in [5.41, 5.74) is 1.36. The zero-order chi connectivity index (χ0) is 19.5. The van der Waals surface area contributed by atoms with Gasteiger partial charge in [0.1, 0.15) is 11.4 Å². The molecule has 0 aliphatic carbocycles. The molecule has 6 nitrogen and oxygen atoms in total. The number of carbonyl (C=O) groups is 2. The normalized spacial score (nSPS) is 17.5. The van der Waals surface area contributed by atoms with Crippen LogP contribution in [0.1, 0.15) is 58.2 Å². The van der Waals surface area contributed by atoms with Crippen LogP contribution in [0.5, 0.6) is 0 Å². The van der Waals surface area contributed by atoms with E-state index in [1.54, 1.807) is 34.6 Å². The van der Waals surface area contributed by atoms with Gasteiger partial charge in [-0.3, -0.25) is 0 Å². The maximum absolute atomic E-state index is 12.3. The van der Waals surface area contributed by atoms with Gasteiger partial charge in [-0.1, -0.05) is 29.8 Å². The molecule has 6 heteroatoms. The van der Waals surface area contributed by atoms with Gasteiger partial charge in [-0.15, -0.1) is 0 Å². The zero-order valence-electron chi connectivity index (χ0n) is 16.2. The van der Waals surface area contributed by atoms with Gasteiger partial charge >= 0.3 is 12.1 Å². The Kier molecular flexibility index (Phi) is 5.64. The summed E-state index contributed by atoms with van der Waals surface area (Å²) in [6.07, 6.45) is 1.09. The summed E-state index contributed by atoms with van der Waals surface area (Å²) in [5.74, 6) is -1.05. The minimum absolute atomic E-state index is 0.307. The van der Waals surface area contributed by atoms with Crippen LogP contribution in [-0.4, -0.2) is 23.5 Å². The van der Waals surface area contributed by atoms with Crippen molar-refractivity contribution < 1.29 is 23.8 Å². The first kappa shape index (κ1) is 19.8. The number of hydrogen-bond acceptors (Lipinski definition) is 5. The Morgan fingerprint density at radius 2 is 1.96 bits per heavy atom. The second kappa shape index (κ2) is 7.40. The van der Waals surface area contributed by atoms with Crippen molar-refractivity contribution in [1.82, 2.24) is 5.32 Å². The Morgan fingerprint density at radius 1 is 1.27 bits per heavy atom. The van der Waals surface area contributed by atoms with Crippen LogP contribution < -0.4 is 5.32 Å². The molecule has 1 atom stereocenters. The number of nitrogens with one attached hydrogen (secondary N) is 1. The summed E-state index contributed by atoms with van der Waals surface area (Å²) < 4.78 is 16.2. The standard InChI is InChI=1S/C20H27NO5/c1-13-8-7-9-14(10-13)16(21-18(23)26-19(2,3)4)11-15-12-17(22)25-20(5,6)24-15/h7-10,12,16H,11H2,1-6H3,(H,21,23)/t16-/m1/s1. The summed E-state index contributed by atoms with van der Waals surface area (Å²) >= 11 is 0. The van der Waals surface area contributed by atoms with Crippen LogP contribution in [0.4, 0.5) is 4.79 Å². The molecule has 2 rings (SSSR count). The van der Waals surface area contributed by atoms with E-state index >= 15 is 0 Å². The molecule has 0 radical (unpaired) electrons. The highest BCUT2D eigenvalue weighted by Gasteiger charge is 2.32. The van der Waals surface area contributed by atoms with Crippen LogP contribution in [-0.2, 0) is 19.0 Å². The monoisotopic (exact) mass is 361 g/mol. The van der Waals surface area contributed by atoms with E-state index in [9.17, 15) is 9.59 Å². The fourth-order valence-corrected chi connectivity index (χ4v) is 2.66. The number of ether oxygens (including phenoxy) is 3. The largest absolute Gasteiger partial charge is 0.457 e. The minimum Gasteiger partial charge on any atom is -0.457 e. The van der Waals surface area contributed by atoms with Crippen LogP contribution in [0.25, 0.3) is 0 Å². The maximum atomic E-state index is 12.3. The van der Waals surface area contributed by atoms with Crippen LogP contribution in [0.3, 0.4) is 0 Å². The van der Waals surface area contributed by atoms with Gasteiger partial charge in [0.25, 0.3) is 0 Å². The second-order valence-electron chi connectivity index (χ2n) is 7.85. The highest BCUT2D eigenvalue weighted by Crippen LogP contribution is 2.29. The molecular weight excluding hydrogens is 334 g/mol. The van der Waals surface area contributed by atoms with Crippen molar-refractivity contribution in [3.8, 4) is 0 Å². The van der Waals surface area contributed by atoms with E-state index in [2.05, 4.69) is 5.32 Å². The van der Waals surface area contributed by atoms with E-state index in [-0.39, 0.29) is 0 Å². The number of rotatable bonds is 4. The van der Waals surface area contributed by atoms with E-state index in [4.69, 9.17) is 14.2 Å². The number of carbonyl (C=O) groups excluding carboxylic acids is 2. The van der Waals surface area contributed by atoms with Crippen molar-refractivity contribution >= 4 is 12.1 Å². The Bertz CT molecular complexity index is 715. The average molecular weight is 361 g/mol. The van der Waals surface area contributed by atoms with Crippen molar-refractivity contribution in [3.05, 3.63) is 47.2 Å². The summed E-state index contributed by atoms with van der Waals surface area (Å²) in [4.78, 5) is 24.1. The van der Waals surface area contributed by atoms with Gasteiger partial charge < -0.3 is 19.5 Å². The predicted molar refractivity (Wildman–Crippen MR) is 97.2 cm³/mol. The maximum Gasteiger partial charge on any atom is 0.408 e. The average Bonchev–Trinajstić information content (AvgIpc) is 2.42. The molecule has 1 heterocycles. The van der Waals surface area contributed by atoms with E-state index in [1.807, 2.05) is 31.2 Å². The molecule has 1 N–H and O–H groups in total. The number of aryl methyl sites for hydroxylation is 1. The first-order valence-corrected chi connectivity index (χ1v) is 8.62. The molecule has 0 saturated heterocycles. The van der Waals surface area contributed by atoms with Gasteiger partial charge in [-0.05, 0) is 33.3 Å². The molecule has 1 aromatic rings. The van der Waals surface area contributed by atoms with Gasteiger partial charge in [-0.25, -0.2) is 9.59 Å². The Balaban J connectivity index is 2.23. The molecule has 0 saturated carbocycles. The van der Waals surface area contributed by atoms with Gasteiger partial charge in [0.05, 0.1) is 12.1 Å². The summed E-state index contributed by atoms with van der Waals surface area (Å²) in [6.45, 7) is 10.7. The Labute approximate surface area is 154 Å². The van der Waals surface area contributed by atoms with Gasteiger partial charge in [0, 0.05) is 20.3 Å². The number of alkyl carbamates (subject to hydrolysis) is 1. The van der Waals surface area contributed by atoms with E-state index in [0.29, 0.717) is 12.2 Å². The lowest BCUT2D eigenvalue weighted by atomic mass is 10.0. The third-order valence-electron chi connectivity index (χ3n) is 3.54. The van der Waals surface area contributed by atoms with Crippen LogP contribution in [0.2, 0.25) is 0 Å². The van der Waals surface area contributed by atoms with E-state index < -0.39 is 29.5 Å². The third-order valence-corrected chi connectivity index (χ3v) is 3.54. The zero-order valence-corrected chi connectivity index (χ0v) is 16.2. The smallest absolute Gasteiger partial charge is 0.408 e. The highest BCUT2D eigenvalue weighted by atomic mass is 16.7. The van der Waals surface area contributed by atoms with Crippen molar-refractivity contribution in [2.24, 2.45) is 0 Å². The predicted octanol–water partition coefficient (Wildman–Crippen LogP) is 4.14. The van der Waals surface area contributed by atoms with Crippen LogP contribution in [0.15, 0.2) is 36.1 Å². The molecule has 1 aliphatic rings. The molecule has 0 fully saturated rings. The van der Waals surface area contributed by atoms with Crippen molar-refractivity contribution in [2.75, 3.05) is 0 Å². The first-order valence-electron chi connectivity index (χ1n) is 8.62. The topological polar surface area (TPSA) is 73.9 Å². The lowest BCUT2D eigenvalue weighted by molar-refractivity contribution is -0.206. The van der Waals surface area contributed by atoms with Crippen molar-refractivity contribution in [2.45, 2.75) is 65.4 Å². The highest BCUT2D eigenvalue weighted by molar-refractivity contribution is 5.83. The number of esters is 1. The molecule has 0 unspecified atom stereocenters.